The number of rotatable bonds is 5. The van der Waals surface area contributed by atoms with Crippen LogP contribution in [0.25, 0.3) is 0 Å². The number of carbonyl (C=O) groups excluding carboxylic acids is 1. The first-order valence-corrected chi connectivity index (χ1v) is 5.25. The maximum absolute atomic E-state index is 11.0. The molecular formula is C12H14O6. The van der Waals surface area contributed by atoms with E-state index < -0.39 is 12.1 Å². The van der Waals surface area contributed by atoms with E-state index in [2.05, 4.69) is 4.74 Å². The lowest BCUT2D eigenvalue weighted by atomic mass is 10.0. The van der Waals surface area contributed by atoms with Crippen LogP contribution in [0.15, 0.2) is 18.2 Å². The number of carbonyl (C=O) groups is 2. The number of phenolic OH excluding ortho intramolecular Hbond substituents is 1. The van der Waals surface area contributed by atoms with Crippen LogP contribution < -0.4 is 0 Å². The van der Waals surface area contributed by atoms with E-state index in [1.54, 1.807) is 6.07 Å². The number of carboxylic acids is 1. The van der Waals surface area contributed by atoms with Crippen LogP contribution in [0.2, 0.25) is 0 Å². The third-order valence-corrected chi connectivity index (χ3v) is 2.47. The summed E-state index contributed by atoms with van der Waals surface area (Å²) in [5, 5.41) is 27.5. The predicted molar refractivity (Wildman–Crippen MR) is 61.0 cm³/mol. The van der Waals surface area contributed by atoms with Gasteiger partial charge in [-0.05, 0) is 24.1 Å². The van der Waals surface area contributed by atoms with Crippen molar-refractivity contribution in [3.63, 3.8) is 0 Å². The Bertz CT molecular complexity index is 454. The van der Waals surface area contributed by atoms with Crippen LogP contribution in [0.1, 0.15) is 23.7 Å². The number of aliphatic hydroxyl groups excluding tert-OH is 1. The average Bonchev–Trinajstić information content (AvgIpc) is 2.36. The first-order chi connectivity index (χ1) is 8.45. The smallest absolute Gasteiger partial charge is 0.337 e. The van der Waals surface area contributed by atoms with Crippen molar-refractivity contribution in [2.75, 3.05) is 7.11 Å². The fourth-order valence-corrected chi connectivity index (χ4v) is 1.46. The van der Waals surface area contributed by atoms with Crippen molar-refractivity contribution in [3.05, 3.63) is 29.3 Å². The summed E-state index contributed by atoms with van der Waals surface area (Å²) in [4.78, 5) is 21.6. The highest BCUT2D eigenvalue weighted by Crippen LogP contribution is 2.26. The molecule has 0 aliphatic carbocycles. The molecular weight excluding hydrogens is 240 g/mol. The van der Waals surface area contributed by atoms with Crippen molar-refractivity contribution in [1.82, 2.24) is 0 Å². The van der Waals surface area contributed by atoms with Crippen LogP contribution in [-0.2, 0) is 20.7 Å². The molecule has 0 aromatic heterocycles. The number of carboxylic acid groups (broad SMARTS) is 1. The molecule has 0 bridgehead atoms. The number of phenols is 1. The molecule has 0 aliphatic heterocycles. The van der Waals surface area contributed by atoms with Gasteiger partial charge in [-0.15, -0.1) is 0 Å². The fourth-order valence-electron chi connectivity index (χ4n) is 1.46. The first kappa shape index (κ1) is 14.0. The lowest BCUT2D eigenvalue weighted by Crippen LogP contribution is -2.11. The topological polar surface area (TPSA) is 104 Å². The molecule has 3 N–H and O–H groups in total. The minimum Gasteiger partial charge on any atom is -0.508 e. The van der Waals surface area contributed by atoms with Gasteiger partial charge in [0.25, 0.3) is 0 Å². The van der Waals surface area contributed by atoms with Crippen LogP contribution in [0.4, 0.5) is 0 Å². The molecule has 0 amide bonds. The number of hydrogen-bond donors (Lipinski definition) is 3. The second kappa shape index (κ2) is 6.02. The Kier molecular flexibility index (Phi) is 4.67. The van der Waals surface area contributed by atoms with Gasteiger partial charge in [0.15, 0.2) is 6.10 Å². The molecule has 1 rings (SSSR count). The van der Waals surface area contributed by atoms with Gasteiger partial charge in [0.1, 0.15) is 5.75 Å². The summed E-state index contributed by atoms with van der Waals surface area (Å²) in [6, 6.07) is 4.20. The van der Waals surface area contributed by atoms with Gasteiger partial charge in [-0.2, -0.15) is 0 Å². The Morgan fingerprint density at radius 2 is 2.06 bits per heavy atom. The van der Waals surface area contributed by atoms with E-state index >= 15 is 0 Å². The molecule has 0 saturated carbocycles. The second-order valence-corrected chi connectivity index (χ2v) is 3.71. The number of ether oxygens (including phenoxy) is 1. The maximum Gasteiger partial charge on any atom is 0.337 e. The Labute approximate surface area is 103 Å². The Balaban J connectivity index is 2.87. The molecule has 1 unspecified atom stereocenters. The highest BCUT2D eigenvalue weighted by molar-refractivity contribution is 5.75. The van der Waals surface area contributed by atoms with Crippen LogP contribution in [0.3, 0.4) is 0 Å². The van der Waals surface area contributed by atoms with Crippen LogP contribution in [0, 0.1) is 0 Å². The van der Waals surface area contributed by atoms with Crippen molar-refractivity contribution < 1.29 is 29.6 Å². The lowest BCUT2D eigenvalue weighted by molar-refractivity contribution is -0.147. The molecule has 6 heteroatoms. The average molecular weight is 254 g/mol. The monoisotopic (exact) mass is 254 g/mol. The van der Waals surface area contributed by atoms with Gasteiger partial charge in [-0.3, -0.25) is 4.79 Å². The molecule has 0 aliphatic rings. The summed E-state index contributed by atoms with van der Waals surface area (Å²) in [5.41, 5.74) is 0.540. The molecule has 0 spiro atoms. The predicted octanol–water partition coefficient (Wildman–Crippen LogP) is 0.616. The maximum atomic E-state index is 11.0. The Morgan fingerprint density at radius 1 is 1.39 bits per heavy atom. The largest absolute Gasteiger partial charge is 0.508 e. The summed E-state index contributed by atoms with van der Waals surface area (Å²) >= 11 is 0. The van der Waals surface area contributed by atoms with Gasteiger partial charge in [-0.1, -0.05) is 6.07 Å². The molecule has 0 saturated heterocycles. The number of hydrogen-bond acceptors (Lipinski definition) is 5. The number of aliphatic carboxylic acids is 1. The van der Waals surface area contributed by atoms with E-state index in [9.17, 15) is 19.8 Å². The second-order valence-electron chi connectivity index (χ2n) is 3.71. The first-order valence-electron chi connectivity index (χ1n) is 5.25. The van der Waals surface area contributed by atoms with E-state index in [1.807, 2.05) is 0 Å². The van der Waals surface area contributed by atoms with Gasteiger partial charge >= 0.3 is 11.9 Å². The molecule has 0 fully saturated rings. The van der Waals surface area contributed by atoms with E-state index in [4.69, 9.17) is 5.11 Å². The Hall–Kier alpha value is -2.08. The van der Waals surface area contributed by atoms with Gasteiger partial charge in [0.2, 0.25) is 0 Å². The van der Waals surface area contributed by atoms with E-state index in [0.717, 1.165) is 0 Å². The summed E-state index contributed by atoms with van der Waals surface area (Å²) in [6.07, 6.45) is -1.31. The minimum atomic E-state index is -1.79. The number of aliphatic hydroxyl groups is 1. The van der Waals surface area contributed by atoms with Crippen molar-refractivity contribution in [3.8, 4) is 5.75 Å². The summed E-state index contributed by atoms with van der Waals surface area (Å²) < 4.78 is 4.48. The summed E-state index contributed by atoms with van der Waals surface area (Å²) in [6.45, 7) is 0. The van der Waals surface area contributed by atoms with Crippen LogP contribution in [0.5, 0.6) is 5.75 Å². The van der Waals surface area contributed by atoms with Crippen molar-refractivity contribution in [2.45, 2.75) is 18.9 Å². The standard InChI is InChI=1S/C12H14O6/c1-18-10(14)5-3-7-2-4-9(13)8(6-7)11(15)12(16)17/h2,4,6,11,13,15H,3,5H2,1H3,(H,16,17). The van der Waals surface area contributed by atoms with Gasteiger partial charge in [0.05, 0.1) is 7.11 Å². The molecule has 98 valence electrons. The summed E-state index contributed by atoms with van der Waals surface area (Å²) in [7, 11) is 1.28. The number of methoxy groups -OCH3 is 1. The van der Waals surface area contributed by atoms with Crippen LogP contribution >= 0.6 is 0 Å². The molecule has 0 heterocycles. The lowest BCUT2D eigenvalue weighted by Gasteiger charge is -2.10. The molecule has 1 aromatic rings. The van der Waals surface area contributed by atoms with E-state index in [0.29, 0.717) is 12.0 Å². The third kappa shape index (κ3) is 3.46. The number of aryl methyl sites for hydroxylation is 1. The summed E-state index contributed by atoms with van der Waals surface area (Å²) in [5.74, 6) is -2.13. The van der Waals surface area contributed by atoms with Crippen molar-refractivity contribution in [1.29, 1.82) is 0 Å². The van der Waals surface area contributed by atoms with Gasteiger partial charge < -0.3 is 20.1 Å². The molecule has 1 aromatic carbocycles. The van der Waals surface area contributed by atoms with Crippen molar-refractivity contribution >= 4 is 11.9 Å². The van der Waals surface area contributed by atoms with Crippen LogP contribution in [-0.4, -0.2) is 34.4 Å². The molecule has 0 radical (unpaired) electrons. The molecule has 6 nitrogen and oxygen atoms in total. The fraction of sp³-hybridized carbons (Fsp3) is 0.333. The number of aromatic hydroxyl groups is 1. The quantitative estimate of drug-likeness (QED) is 0.665. The third-order valence-electron chi connectivity index (χ3n) is 2.47. The minimum absolute atomic E-state index is 0.0927. The van der Waals surface area contributed by atoms with Gasteiger partial charge in [0, 0.05) is 12.0 Å². The normalized spacial score (nSPS) is 11.9. The highest BCUT2D eigenvalue weighted by atomic mass is 16.5. The highest BCUT2D eigenvalue weighted by Gasteiger charge is 2.20. The SMILES string of the molecule is COC(=O)CCc1ccc(O)c(C(O)C(=O)O)c1. The molecule has 18 heavy (non-hydrogen) atoms. The van der Waals surface area contributed by atoms with Crippen molar-refractivity contribution in [2.24, 2.45) is 0 Å². The number of esters is 1. The van der Waals surface area contributed by atoms with E-state index in [-0.39, 0.29) is 23.7 Å². The van der Waals surface area contributed by atoms with E-state index in [1.165, 1.54) is 19.2 Å². The Morgan fingerprint density at radius 3 is 2.61 bits per heavy atom. The number of benzene rings is 1. The zero-order chi connectivity index (χ0) is 13.7. The molecule has 1 atom stereocenters. The zero-order valence-corrected chi connectivity index (χ0v) is 9.79. The zero-order valence-electron chi connectivity index (χ0n) is 9.79. The van der Waals surface area contributed by atoms with Gasteiger partial charge in [-0.25, -0.2) is 4.79 Å².